The molecular formula is C17H20F5N7. The Balaban J connectivity index is 1.58. The number of hydrogen-bond donors (Lipinski definition) is 2. The molecule has 7 nitrogen and oxygen atoms in total. The molecule has 2 N–H and O–H groups in total. The van der Waals surface area contributed by atoms with E-state index in [1.54, 1.807) is 0 Å². The molecule has 0 aliphatic heterocycles. The lowest BCUT2D eigenvalue weighted by molar-refractivity contribution is -0.0799. The second-order valence-corrected chi connectivity index (χ2v) is 8.11. The van der Waals surface area contributed by atoms with Gasteiger partial charge in [0.1, 0.15) is 5.67 Å². The maximum Gasteiger partial charge on any atom is 0.257 e. The van der Waals surface area contributed by atoms with Crippen molar-refractivity contribution in [1.82, 2.24) is 24.7 Å². The first-order valence-corrected chi connectivity index (χ1v) is 9.19. The highest BCUT2D eigenvalue weighted by atomic mass is 19.3. The van der Waals surface area contributed by atoms with Gasteiger partial charge in [-0.1, -0.05) is 0 Å². The summed E-state index contributed by atoms with van der Waals surface area (Å²) in [4.78, 5) is 12.4. The van der Waals surface area contributed by atoms with Gasteiger partial charge in [-0.25, -0.2) is 26.6 Å². The maximum atomic E-state index is 14.1. The topological polar surface area (TPSA) is 80.5 Å². The fourth-order valence-corrected chi connectivity index (χ4v) is 3.24. The summed E-state index contributed by atoms with van der Waals surface area (Å²) < 4.78 is 67.7. The molecule has 2 heterocycles. The van der Waals surface area contributed by atoms with Gasteiger partial charge in [0.05, 0.1) is 5.69 Å². The van der Waals surface area contributed by atoms with Gasteiger partial charge in [-0.3, -0.25) is 0 Å². The Labute approximate surface area is 163 Å². The van der Waals surface area contributed by atoms with Crippen LogP contribution in [0.1, 0.15) is 45.2 Å². The molecule has 0 aromatic carbocycles. The van der Waals surface area contributed by atoms with Crippen LogP contribution in [0.3, 0.4) is 0 Å². The van der Waals surface area contributed by atoms with Crippen molar-refractivity contribution in [1.29, 1.82) is 0 Å². The van der Waals surface area contributed by atoms with Crippen molar-refractivity contribution < 1.29 is 22.0 Å². The maximum absolute atomic E-state index is 14.1. The predicted molar refractivity (Wildman–Crippen MR) is 94.3 cm³/mol. The van der Waals surface area contributed by atoms with Gasteiger partial charge in [-0.05, 0) is 19.9 Å². The van der Waals surface area contributed by atoms with Crippen molar-refractivity contribution in [2.45, 2.75) is 69.1 Å². The van der Waals surface area contributed by atoms with Gasteiger partial charge < -0.3 is 10.6 Å². The van der Waals surface area contributed by atoms with Crippen LogP contribution in [0.2, 0.25) is 0 Å². The van der Waals surface area contributed by atoms with Crippen molar-refractivity contribution in [2.75, 3.05) is 10.6 Å². The van der Waals surface area contributed by atoms with Crippen molar-refractivity contribution >= 4 is 11.9 Å². The smallest absolute Gasteiger partial charge is 0.257 e. The lowest BCUT2D eigenvalue weighted by atomic mass is 9.88. The van der Waals surface area contributed by atoms with Crippen LogP contribution in [0.5, 0.6) is 0 Å². The van der Waals surface area contributed by atoms with Gasteiger partial charge in [0.2, 0.25) is 11.9 Å². The minimum Gasteiger partial charge on any atom is -0.351 e. The third kappa shape index (κ3) is 4.40. The first-order valence-electron chi connectivity index (χ1n) is 9.19. The summed E-state index contributed by atoms with van der Waals surface area (Å²) in [5, 5.41) is 9.70. The van der Waals surface area contributed by atoms with E-state index < -0.39 is 29.6 Å². The molecule has 0 bridgehead atoms. The van der Waals surface area contributed by atoms with E-state index in [4.69, 9.17) is 0 Å². The van der Waals surface area contributed by atoms with E-state index in [0.29, 0.717) is 0 Å². The summed E-state index contributed by atoms with van der Waals surface area (Å²) in [6.45, 7) is 2.70. The fourth-order valence-electron chi connectivity index (χ4n) is 3.24. The SMILES string of the molecule is CC(C)(F)c1ccn(-c2nc(NC3CC(F)(F)C3)nc(NC3CC(F)(F)C3)n2)n1. The molecular weight excluding hydrogens is 397 g/mol. The molecule has 0 atom stereocenters. The minimum atomic E-state index is -2.73. The van der Waals surface area contributed by atoms with Gasteiger partial charge in [0.25, 0.3) is 17.8 Å². The van der Waals surface area contributed by atoms with Gasteiger partial charge in [0, 0.05) is 44.0 Å². The number of alkyl halides is 5. The van der Waals surface area contributed by atoms with Crippen LogP contribution in [0.4, 0.5) is 33.8 Å². The molecule has 4 rings (SSSR count). The van der Waals surface area contributed by atoms with E-state index in [1.807, 2.05) is 0 Å². The summed E-state index contributed by atoms with van der Waals surface area (Å²) in [6, 6.07) is 0.432. The number of halogens is 5. The zero-order chi connectivity index (χ0) is 21.0. The monoisotopic (exact) mass is 417 g/mol. The number of anilines is 2. The highest BCUT2D eigenvalue weighted by Gasteiger charge is 2.46. The van der Waals surface area contributed by atoms with Crippen molar-refractivity contribution in [3.05, 3.63) is 18.0 Å². The molecule has 2 aromatic heterocycles. The van der Waals surface area contributed by atoms with E-state index in [2.05, 4.69) is 30.7 Å². The Kier molecular flexibility index (Phi) is 4.43. The third-order valence-electron chi connectivity index (χ3n) is 4.87. The normalized spacial score (nSPS) is 21.3. The first-order chi connectivity index (χ1) is 13.4. The Morgan fingerprint density at radius 1 is 0.931 bits per heavy atom. The van der Waals surface area contributed by atoms with Crippen LogP contribution in [-0.2, 0) is 5.67 Å². The van der Waals surface area contributed by atoms with E-state index in [-0.39, 0.29) is 49.2 Å². The molecule has 0 amide bonds. The van der Waals surface area contributed by atoms with Crippen LogP contribution < -0.4 is 10.6 Å². The van der Waals surface area contributed by atoms with Gasteiger partial charge in [-0.15, -0.1) is 0 Å². The second kappa shape index (κ2) is 6.49. The quantitative estimate of drug-likeness (QED) is 0.698. The molecule has 158 valence electrons. The van der Waals surface area contributed by atoms with E-state index in [0.717, 1.165) is 0 Å². The predicted octanol–water partition coefficient (Wildman–Crippen LogP) is 3.68. The molecule has 0 radical (unpaired) electrons. The van der Waals surface area contributed by atoms with Crippen molar-refractivity contribution in [3.63, 3.8) is 0 Å². The van der Waals surface area contributed by atoms with Crippen LogP contribution in [-0.4, -0.2) is 48.7 Å². The minimum absolute atomic E-state index is 0.0117. The number of nitrogens with one attached hydrogen (secondary N) is 2. The fraction of sp³-hybridized carbons (Fsp3) is 0.647. The zero-order valence-corrected chi connectivity index (χ0v) is 15.8. The molecule has 2 aliphatic carbocycles. The molecule has 2 saturated carbocycles. The third-order valence-corrected chi connectivity index (χ3v) is 4.87. The number of rotatable bonds is 6. The molecule has 12 heteroatoms. The molecule has 0 unspecified atom stereocenters. The van der Waals surface area contributed by atoms with Gasteiger partial charge in [0.15, 0.2) is 0 Å². The molecule has 2 fully saturated rings. The number of nitrogens with zero attached hydrogens (tertiary/aromatic N) is 5. The largest absolute Gasteiger partial charge is 0.351 e. The summed E-state index contributed by atoms with van der Waals surface area (Å²) >= 11 is 0. The number of aromatic nitrogens is 5. The van der Waals surface area contributed by atoms with E-state index in [1.165, 1.54) is 30.8 Å². The first kappa shape index (κ1) is 19.8. The number of hydrogen-bond acceptors (Lipinski definition) is 6. The van der Waals surface area contributed by atoms with Gasteiger partial charge in [-0.2, -0.15) is 20.1 Å². The second-order valence-electron chi connectivity index (χ2n) is 8.11. The molecule has 0 saturated heterocycles. The Morgan fingerprint density at radius 2 is 1.41 bits per heavy atom. The Bertz CT molecular complexity index is 848. The summed E-state index contributed by atoms with van der Waals surface area (Å²) in [7, 11) is 0. The summed E-state index contributed by atoms with van der Waals surface area (Å²) in [6.07, 6.45) is 0.0386. The standard InChI is InChI=1S/C17H20F5N7/c1-15(2,18)11-3-4-29(28-11)14-26-12(23-9-5-16(19,20)6-9)25-13(27-14)24-10-7-17(21,22)8-10/h3-4,9-10H,5-8H2,1-2H3,(H2,23,24,25,26,27). The molecule has 2 aliphatic rings. The van der Waals surface area contributed by atoms with Crippen molar-refractivity contribution in [2.24, 2.45) is 0 Å². The van der Waals surface area contributed by atoms with Crippen LogP contribution >= 0.6 is 0 Å². The molecule has 0 spiro atoms. The van der Waals surface area contributed by atoms with E-state index >= 15 is 0 Å². The summed E-state index contributed by atoms with van der Waals surface area (Å²) in [5.41, 5.74) is -1.53. The average Bonchev–Trinajstić information content (AvgIpc) is 3.01. The summed E-state index contributed by atoms with van der Waals surface area (Å²) in [5.74, 6) is -5.41. The average molecular weight is 417 g/mol. The lowest BCUT2D eigenvalue weighted by Gasteiger charge is -2.36. The highest BCUT2D eigenvalue weighted by Crippen LogP contribution is 2.40. The zero-order valence-electron chi connectivity index (χ0n) is 15.8. The van der Waals surface area contributed by atoms with Crippen molar-refractivity contribution in [3.8, 4) is 5.95 Å². The Hall–Kier alpha value is -2.53. The van der Waals surface area contributed by atoms with Crippen LogP contribution in [0, 0.1) is 0 Å². The van der Waals surface area contributed by atoms with E-state index in [9.17, 15) is 22.0 Å². The Morgan fingerprint density at radius 3 is 1.79 bits per heavy atom. The molecule has 2 aromatic rings. The van der Waals surface area contributed by atoms with Crippen LogP contribution in [0.15, 0.2) is 12.3 Å². The molecule has 29 heavy (non-hydrogen) atoms. The van der Waals surface area contributed by atoms with Crippen LogP contribution in [0.25, 0.3) is 5.95 Å². The van der Waals surface area contributed by atoms with Gasteiger partial charge >= 0.3 is 0 Å². The highest BCUT2D eigenvalue weighted by molar-refractivity contribution is 5.40. The lowest BCUT2D eigenvalue weighted by Crippen LogP contribution is -2.45.